The summed E-state index contributed by atoms with van der Waals surface area (Å²) in [5.41, 5.74) is 13.3. The summed E-state index contributed by atoms with van der Waals surface area (Å²) in [6.07, 6.45) is 0. The van der Waals surface area contributed by atoms with Gasteiger partial charge in [0.1, 0.15) is 27.8 Å². The van der Waals surface area contributed by atoms with Crippen molar-refractivity contribution in [2.24, 2.45) is 0 Å². The summed E-state index contributed by atoms with van der Waals surface area (Å²) in [6, 6.07) is 62.8. The Kier molecular flexibility index (Phi) is 6.79. The monoisotopic (exact) mass is 694 g/mol. The van der Waals surface area contributed by atoms with E-state index in [4.69, 9.17) is 18.2 Å². The lowest BCUT2D eigenvalue weighted by Gasteiger charge is -2.26. The zero-order valence-corrected chi connectivity index (χ0v) is 28.9. The molecule has 8 aromatic carbocycles. The summed E-state index contributed by atoms with van der Waals surface area (Å²) in [7, 11) is 0. The average Bonchev–Trinajstić information content (AvgIpc) is 3.95. The highest BCUT2D eigenvalue weighted by molar-refractivity contribution is 6.17. The summed E-state index contributed by atoms with van der Waals surface area (Å²) in [5.74, 6) is 0.585. The fraction of sp³-hybridized carbons (Fsp3) is 0. The van der Waals surface area contributed by atoms with Gasteiger partial charge < -0.3 is 18.2 Å². The van der Waals surface area contributed by atoms with E-state index in [1.54, 1.807) is 0 Å². The van der Waals surface area contributed by atoms with Gasteiger partial charge in [0.2, 0.25) is 5.89 Å². The Morgan fingerprint density at radius 1 is 0.370 bits per heavy atom. The van der Waals surface area contributed by atoms with Crippen LogP contribution in [0.3, 0.4) is 0 Å². The SMILES string of the molecule is c1ccc(-c2ccc(N(c3ccc(-c4cccc5c4oc4ccccc45)cc3)c3ccc4oc5ccc6nc(-c7ccccc7)oc6c5c4c3)cc2)cc1. The van der Waals surface area contributed by atoms with Gasteiger partial charge in [-0.3, -0.25) is 0 Å². The molecule has 254 valence electrons. The second kappa shape index (κ2) is 12.1. The second-order valence-electron chi connectivity index (χ2n) is 13.5. The van der Waals surface area contributed by atoms with Gasteiger partial charge in [0.25, 0.3) is 0 Å². The van der Waals surface area contributed by atoms with Crippen molar-refractivity contribution in [1.82, 2.24) is 4.98 Å². The van der Waals surface area contributed by atoms with Crippen LogP contribution in [-0.2, 0) is 0 Å². The number of oxazole rings is 1. The molecular weight excluding hydrogens is 665 g/mol. The number of furan rings is 2. The smallest absolute Gasteiger partial charge is 0.227 e. The van der Waals surface area contributed by atoms with Crippen LogP contribution in [-0.4, -0.2) is 4.98 Å². The van der Waals surface area contributed by atoms with E-state index in [0.717, 1.165) is 88.7 Å². The number of hydrogen-bond acceptors (Lipinski definition) is 5. The number of fused-ring (bicyclic) bond motifs is 8. The van der Waals surface area contributed by atoms with Crippen LogP contribution >= 0.6 is 0 Å². The molecule has 0 spiro atoms. The standard InChI is InChI=1S/C49H30N2O3/c1-3-10-31(11-4-1)32-18-22-35(23-19-32)51(36-24-20-33(21-25-36)38-15-9-16-40-39-14-7-8-17-43(39)53-47(38)40)37-26-28-44-41(30-37)46-45(52-44)29-27-42-48(46)54-49(50-42)34-12-5-2-6-13-34/h1-30H. The number of rotatable bonds is 6. The molecule has 0 radical (unpaired) electrons. The van der Waals surface area contributed by atoms with Gasteiger partial charge in [-0.2, -0.15) is 0 Å². The zero-order valence-electron chi connectivity index (χ0n) is 28.9. The van der Waals surface area contributed by atoms with Gasteiger partial charge in [-0.25, -0.2) is 4.98 Å². The Morgan fingerprint density at radius 3 is 1.76 bits per heavy atom. The molecule has 3 heterocycles. The van der Waals surface area contributed by atoms with Crippen molar-refractivity contribution in [2.75, 3.05) is 4.90 Å². The highest BCUT2D eigenvalue weighted by atomic mass is 16.4. The number of benzene rings is 8. The molecule has 3 aromatic heterocycles. The van der Waals surface area contributed by atoms with Gasteiger partial charge in [-0.1, -0.05) is 109 Å². The van der Waals surface area contributed by atoms with Crippen LogP contribution in [0, 0.1) is 0 Å². The Hall–Kier alpha value is -7.37. The van der Waals surface area contributed by atoms with Crippen LogP contribution in [0.25, 0.3) is 88.7 Å². The van der Waals surface area contributed by atoms with Crippen molar-refractivity contribution >= 4 is 72.0 Å². The molecule has 0 bridgehead atoms. The van der Waals surface area contributed by atoms with E-state index in [2.05, 4.69) is 120 Å². The van der Waals surface area contributed by atoms with E-state index in [-0.39, 0.29) is 0 Å². The van der Waals surface area contributed by atoms with Gasteiger partial charge in [0.15, 0.2) is 5.58 Å². The van der Waals surface area contributed by atoms with Crippen molar-refractivity contribution in [3.05, 3.63) is 182 Å². The van der Waals surface area contributed by atoms with E-state index in [0.29, 0.717) is 11.5 Å². The molecule has 11 rings (SSSR count). The maximum absolute atomic E-state index is 6.47. The van der Waals surface area contributed by atoms with E-state index < -0.39 is 0 Å². The first-order valence-electron chi connectivity index (χ1n) is 18.0. The number of nitrogens with zero attached hydrogens (tertiary/aromatic N) is 2. The van der Waals surface area contributed by atoms with Gasteiger partial charge in [-0.15, -0.1) is 0 Å². The van der Waals surface area contributed by atoms with E-state index in [9.17, 15) is 0 Å². The predicted molar refractivity (Wildman–Crippen MR) is 220 cm³/mol. The van der Waals surface area contributed by atoms with Gasteiger partial charge >= 0.3 is 0 Å². The van der Waals surface area contributed by atoms with Crippen LogP contribution < -0.4 is 4.90 Å². The molecule has 0 aliphatic heterocycles. The molecule has 0 aliphatic carbocycles. The highest BCUT2D eigenvalue weighted by Crippen LogP contribution is 2.43. The molecule has 0 unspecified atom stereocenters. The molecular formula is C49H30N2O3. The number of para-hydroxylation sites is 2. The predicted octanol–water partition coefficient (Wildman–Crippen LogP) is 14.1. The van der Waals surface area contributed by atoms with Gasteiger partial charge in [0.05, 0.1) is 5.39 Å². The lowest BCUT2D eigenvalue weighted by atomic mass is 10.0. The fourth-order valence-corrected chi connectivity index (χ4v) is 7.72. The first kappa shape index (κ1) is 30.3. The molecule has 0 N–H and O–H groups in total. The minimum Gasteiger partial charge on any atom is -0.456 e. The molecule has 0 saturated heterocycles. The fourth-order valence-electron chi connectivity index (χ4n) is 7.72. The van der Waals surface area contributed by atoms with Crippen molar-refractivity contribution in [3.63, 3.8) is 0 Å². The van der Waals surface area contributed by atoms with Crippen molar-refractivity contribution in [1.29, 1.82) is 0 Å². The van der Waals surface area contributed by atoms with Crippen molar-refractivity contribution < 1.29 is 13.3 Å². The van der Waals surface area contributed by atoms with Crippen molar-refractivity contribution in [3.8, 4) is 33.7 Å². The van der Waals surface area contributed by atoms with Gasteiger partial charge in [-0.05, 0) is 89.5 Å². The van der Waals surface area contributed by atoms with E-state index in [1.807, 2.05) is 66.7 Å². The molecule has 0 saturated carbocycles. The van der Waals surface area contributed by atoms with Crippen LogP contribution in [0.1, 0.15) is 0 Å². The molecule has 54 heavy (non-hydrogen) atoms. The average molecular weight is 695 g/mol. The number of anilines is 3. The molecule has 0 aliphatic rings. The first-order valence-corrected chi connectivity index (χ1v) is 18.0. The third-order valence-corrected chi connectivity index (χ3v) is 10.3. The summed E-state index contributed by atoms with van der Waals surface area (Å²) in [5, 5.41) is 4.11. The lowest BCUT2D eigenvalue weighted by molar-refractivity contribution is 0.622. The van der Waals surface area contributed by atoms with Crippen LogP contribution in [0.2, 0.25) is 0 Å². The maximum atomic E-state index is 6.47. The Bertz CT molecular complexity index is 3140. The molecule has 0 amide bonds. The topological polar surface area (TPSA) is 55.6 Å². The third kappa shape index (κ3) is 4.90. The Morgan fingerprint density at radius 2 is 0.981 bits per heavy atom. The summed E-state index contributed by atoms with van der Waals surface area (Å²) >= 11 is 0. The summed E-state index contributed by atoms with van der Waals surface area (Å²) < 4.78 is 19.3. The Labute approximate surface area is 309 Å². The van der Waals surface area contributed by atoms with Gasteiger partial charge in [0, 0.05) is 44.3 Å². The quantitative estimate of drug-likeness (QED) is 0.173. The molecule has 5 heteroatoms. The van der Waals surface area contributed by atoms with E-state index in [1.165, 1.54) is 5.56 Å². The highest BCUT2D eigenvalue weighted by Gasteiger charge is 2.20. The Balaban J connectivity index is 1.06. The van der Waals surface area contributed by atoms with Crippen LogP contribution in [0.15, 0.2) is 195 Å². The van der Waals surface area contributed by atoms with Crippen LogP contribution in [0.4, 0.5) is 17.1 Å². The minimum absolute atomic E-state index is 0.585. The first-order chi connectivity index (χ1) is 26.7. The lowest BCUT2D eigenvalue weighted by Crippen LogP contribution is -2.09. The minimum atomic E-state index is 0.585. The largest absolute Gasteiger partial charge is 0.456 e. The summed E-state index contributed by atoms with van der Waals surface area (Å²) in [6.45, 7) is 0. The second-order valence-corrected chi connectivity index (χ2v) is 13.5. The normalized spacial score (nSPS) is 11.7. The van der Waals surface area contributed by atoms with Crippen LogP contribution in [0.5, 0.6) is 0 Å². The van der Waals surface area contributed by atoms with Crippen molar-refractivity contribution in [2.45, 2.75) is 0 Å². The molecule has 5 nitrogen and oxygen atoms in total. The summed E-state index contributed by atoms with van der Waals surface area (Å²) in [4.78, 5) is 7.13. The zero-order chi connectivity index (χ0) is 35.6. The molecule has 0 fully saturated rings. The third-order valence-electron chi connectivity index (χ3n) is 10.3. The molecule has 11 aromatic rings. The van der Waals surface area contributed by atoms with E-state index >= 15 is 0 Å². The maximum Gasteiger partial charge on any atom is 0.227 e. The number of aromatic nitrogens is 1. The molecule has 0 atom stereocenters. The number of hydrogen-bond donors (Lipinski definition) is 0.